The summed E-state index contributed by atoms with van der Waals surface area (Å²) < 4.78 is 30.1. The predicted molar refractivity (Wildman–Crippen MR) is 79.6 cm³/mol. The molecule has 0 amide bonds. The Hall–Kier alpha value is -0.910. The molecule has 0 bridgehead atoms. The van der Waals surface area contributed by atoms with Crippen LogP contribution in [0.1, 0.15) is 30.9 Å². The van der Waals surface area contributed by atoms with Crippen molar-refractivity contribution in [3.63, 3.8) is 0 Å². The Labute approximate surface area is 121 Å². The lowest BCUT2D eigenvalue weighted by Gasteiger charge is -2.15. The van der Waals surface area contributed by atoms with Crippen molar-refractivity contribution in [3.05, 3.63) is 29.3 Å². The van der Waals surface area contributed by atoms with E-state index in [2.05, 4.69) is 0 Å². The molecule has 0 spiro atoms. The van der Waals surface area contributed by atoms with Crippen molar-refractivity contribution in [2.24, 2.45) is 5.73 Å². The lowest BCUT2D eigenvalue weighted by molar-refractivity contribution is 0.0671. The van der Waals surface area contributed by atoms with Crippen LogP contribution in [0.4, 0.5) is 0 Å². The van der Waals surface area contributed by atoms with E-state index in [9.17, 15) is 8.42 Å². The number of hydrogen-bond acceptors (Lipinski definition) is 4. The van der Waals surface area contributed by atoms with E-state index in [0.29, 0.717) is 24.5 Å². The molecule has 0 heterocycles. The Kier molecular flexibility index (Phi) is 5.18. The third kappa shape index (κ3) is 3.59. The quantitative estimate of drug-likeness (QED) is 0.831. The van der Waals surface area contributed by atoms with Gasteiger partial charge in [-0.05, 0) is 55.9 Å². The van der Waals surface area contributed by atoms with Gasteiger partial charge >= 0.3 is 0 Å². The van der Waals surface area contributed by atoms with Gasteiger partial charge in [0.05, 0.1) is 16.8 Å². The van der Waals surface area contributed by atoms with Crippen LogP contribution in [-0.2, 0) is 27.4 Å². The van der Waals surface area contributed by atoms with Gasteiger partial charge in [-0.25, -0.2) is 8.42 Å². The van der Waals surface area contributed by atoms with Crippen molar-refractivity contribution < 1.29 is 13.2 Å². The molecule has 1 aliphatic carbocycles. The third-order valence-corrected chi connectivity index (χ3v) is 5.55. The molecule has 4 nitrogen and oxygen atoms in total. The molecule has 20 heavy (non-hydrogen) atoms. The maximum atomic E-state index is 12.4. The summed E-state index contributed by atoms with van der Waals surface area (Å²) in [5.74, 6) is 0.0909. The highest BCUT2D eigenvalue weighted by atomic mass is 32.2. The topological polar surface area (TPSA) is 69.4 Å². The minimum absolute atomic E-state index is 0.0909. The van der Waals surface area contributed by atoms with Gasteiger partial charge in [-0.15, -0.1) is 0 Å². The molecule has 0 aliphatic heterocycles. The zero-order chi connectivity index (χ0) is 14.6. The van der Waals surface area contributed by atoms with Gasteiger partial charge in [0, 0.05) is 13.2 Å². The van der Waals surface area contributed by atoms with Gasteiger partial charge in [0.15, 0.2) is 9.84 Å². The van der Waals surface area contributed by atoms with Crippen molar-refractivity contribution >= 4 is 9.84 Å². The second kappa shape index (κ2) is 6.70. The van der Waals surface area contributed by atoms with Crippen LogP contribution in [0.2, 0.25) is 0 Å². The molecule has 112 valence electrons. The van der Waals surface area contributed by atoms with Crippen LogP contribution in [0.5, 0.6) is 0 Å². The number of rotatable bonds is 7. The fourth-order valence-corrected chi connectivity index (χ4v) is 4.06. The third-order valence-electron chi connectivity index (χ3n) is 3.80. The summed E-state index contributed by atoms with van der Waals surface area (Å²) in [6, 6.07) is 5.53. The molecular weight excluding hydrogens is 274 g/mol. The lowest BCUT2D eigenvalue weighted by Crippen LogP contribution is -2.26. The zero-order valence-corrected chi connectivity index (χ0v) is 12.8. The maximum absolute atomic E-state index is 12.4. The summed E-state index contributed by atoms with van der Waals surface area (Å²) in [7, 11) is -3.24. The van der Waals surface area contributed by atoms with Crippen molar-refractivity contribution in [1.82, 2.24) is 0 Å². The minimum atomic E-state index is -3.24. The molecule has 1 aliphatic rings. The number of fused-ring (bicyclic) bond motifs is 1. The molecule has 2 rings (SSSR count). The standard InChI is InChI=1S/C15H23NO3S/c1-2-19-14(11-16)8-9-20(17,18)15-7-6-12-4-3-5-13(12)10-15/h6-7,10,14H,2-5,8-9,11,16H2,1H3. The van der Waals surface area contributed by atoms with Crippen molar-refractivity contribution in [1.29, 1.82) is 0 Å². The van der Waals surface area contributed by atoms with E-state index in [-0.39, 0.29) is 11.9 Å². The first-order valence-corrected chi connectivity index (χ1v) is 8.88. The fourth-order valence-electron chi connectivity index (χ4n) is 2.65. The minimum Gasteiger partial charge on any atom is -0.377 e. The molecule has 1 atom stereocenters. The summed E-state index contributed by atoms with van der Waals surface area (Å²) in [5.41, 5.74) is 8.06. The molecule has 0 radical (unpaired) electrons. The normalized spacial score (nSPS) is 16.1. The number of aryl methyl sites for hydroxylation is 2. The van der Waals surface area contributed by atoms with E-state index in [1.165, 1.54) is 11.1 Å². The number of sulfone groups is 1. The van der Waals surface area contributed by atoms with E-state index < -0.39 is 9.84 Å². The smallest absolute Gasteiger partial charge is 0.178 e. The Morgan fingerprint density at radius 2 is 2.05 bits per heavy atom. The second-order valence-electron chi connectivity index (χ2n) is 5.20. The van der Waals surface area contributed by atoms with Gasteiger partial charge in [-0.2, -0.15) is 0 Å². The molecule has 1 aromatic carbocycles. The second-order valence-corrected chi connectivity index (χ2v) is 7.31. The molecule has 1 aromatic rings. The van der Waals surface area contributed by atoms with Crippen LogP contribution in [0, 0.1) is 0 Å². The van der Waals surface area contributed by atoms with Crippen LogP contribution < -0.4 is 5.73 Å². The van der Waals surface area contributed by atoms with E-state index in [1.807, 2.05) is 19.1 Å². The molecule has 2 N–H and O–H groups in total. The number of benzene rings is 1. The largest absolute Gasteiger partial charge is 0.377 e. The molecule has 1 unspecified atom stereocenters. The summed E-state index contributed by atoms with van der Waals surface area (Å²) in [5, 5.41) is 0. The van der Waals surface area contributed by atoms with Gasteiger partial charge < -0.3 is 10.5 Å². The average molecular weight is 297 g/mol. The van der Waals surface area contributed by atoms with Gasteiger partial charge in [-0.3, -0.25) is 0 Å². The highest BCUT2D eigenvalue weighted by molar-refractivity contribution is 7.91. The Balaban J connectivity index is 2.06. The summed E-state index contributed by atoms with van der Waals surface area (Å²) >= 11 is 0. The summed E-state index contributed by atoms with van der Waals surface area (Å²) in [6.45, 7) is 2.80. The van der Waals surface area contributed by atoms with Crippen LogP contribution >= 0.6 is 0 Å². The Bertz CT molecular complexity index is 554. The van der Waals surface area contributed by atoms with Crippen molar-refractivity contribution in [2.75, 3.05) is 18.9 Å². The first-order chi connectivity index (χ1) is 9.56. The number of nitrogens with two attached hydrogens (primary N) is 1. The summed E-state index contributed by atoms with van der Waals surface area (Å²) in [6.07, 6.45) is 3.45. The van der Waals surface area contributed by atoms with Gasteiger partial charge in [0.2, 0.25) is 0 Å². The van der Waals surface area contributed by atoms with Crippen molar-refractivity contribution in [3.8, 4) is 0 Å². The van der Waals surface area contributed by atoms with Crippen LogP contribution in [0.15, 0.2) is 23.1 Å². The SMILES string of the molecule is CCOC(CN)CCS(=O)(=O)c1ccc2c(c1)CCC2. The van der Waals surface area contributed by atoms with E-state index >= 15 is 0 Å². The van der Waals surface area contributed by atoms with E-state index in [1.54, 1.807) is 6.07 Å². The molecular formula is C15H23NO3S. The first kappa shape index (κ1) is 15.5. The predicted octanol–water partition coefficient (Wildman–Crippen LogP) is 1.70. The molecule has 0 aromatic heterocycles. The Morgan fingerprint density at radius 3 is 2.75 bits per heavy atom. The molecule has 0 saturated carbocycles. The first-order valence-electron chi connectivity index (χ1n) is 7.23. The lowest BCUT2D eigenvalue weighted by atomic mass is 10.1. The highest BCUT2D eigenvalue weighted by Gasteiger charge is 2.20. The fraction of sp³-hybridized carbons (Fsp3) is 0.600. The van der Waals surface area contributed by atoms with E-state index in [4.69, 9.17) is 10.5 Å². The molecule has 5 heteroatoms. The molecule has 0 fully saturated rings. The maximum Gasteiger partial charge on any atom is 0.178 e. The van der Waals surface area contributed by atoms with Gasteiger partial charge in [-0.1, -0.05) is 6.07 Å². The Morgan fingerprint density at radius 1 is 1.30 bits per heavy atom. The summed E-state index contributed by atoms with van der Waals surface area (Å²) in [4.78, 5) is 0.436. The van der Waals surface area contributed by atoms with Crippen LogP contribution in [-0.4, -0.2) is 33.4 Å². The van der Waals surface area contributed by atoms with Crippen LogP contribution in [0.3, 0.4) is 0 Å². The van der Waals surface area contributed by atoms with Crippen LogP contribution in [0.25, 0.3) is 0 Å². The van der Waals surface area contributed by atoms with Gasteiger partial charge in [0.1, 0.15) is 0 Å². The van der Waals surface area contributed by atoms with E-state index in [0.717, 1.165) is 19.3 Å². The molecule has 0 saturated heterocycles. The average Bonchev–Trinajstić information content (AvgIpc) is 2.90. The monoisotopic (exact) mass is 297 g/mol. The number of hydrogen-bond donors (Lipinski definition) is 1. The van der Waals surface area contributed by atoms with Crippen molar-refractivity contribution in [2.45, 2.75) is 43.6 Å². The van der Waals surface area contributed by atoms with Gasteiger partial charge in [0.25, 0.3) is 0 Å². The number of ether oxygens (including phenoxy) is 1. The zero-order valence-electron chi connectivity index (χ0n) is 12.0. The highest BCUT2D eigenvalue weighted by Crippen LogP contribution is 2.25.